The normalized spacial score (nSPS) is 26.0. The van der Waals surface area contributed by atoms with E-state index >= 15 is 0 Å². The van der Waals surface area contributed by atoms with Gasteiger partial charge in [-0.3, -0.25) is 10.9 Å². The lowest BCUT2D eigenvalue weighted by Gasteiger charge is -2.13. The first-order valence-electron chi connectivity index (χ1n) is 5.15. The molecule has 1 fully saturated rings. The van der Waals surface area contributed by atoms with Crippen LogP contribution in [0.1, 0.15) is 30.5 Å². The maximum atomic E-state index is 12.5. The summed E-state index contributed by atoms with van der Waals surface area (Å²) < 4.78 is 37.5. The highest BCUT2D eigenvalue weighted by Crippen LogP contribution is 2.32. The lowest BCUT2D eigenvalue weighted by Crippen LogP contribution is -2.28. The van der Waals surface area contributed by atoms with Gasteiger partial charge in [0.2, 0.25) is 0 Å². The summed E-state index contributed by atoms with van der Waals surface area (Å²) in [4.78, 5) is 0. The lowest BCUT2D eigenvalue weighted by atomic mass is 10.0. The van der Waals surface area contributed by atoms with Gasteiger partial charge in [0.15, 0.2) is 0 Å². The second-order valence-corrected chi connectivity index (χ2v) is 4.10. The van der Waals surface area contributed by atoms with E-state index < -0.39 is 11.7 Å². The fourth-order valence-electron chi connectivity index (χ4n) is 1.87. The summed E-state index contributed by atoms with van der Waals surface area (Å²) >= 11 is 0. The minimum atomic E-state index is -4.27. The molecule has 2 unspecified atom stereocenters. The highest BCUT2D eigenvalue weighted by Gasteiger charge is 2.31. The van der Waals surface area contributed by atoms with E-state index in [0.29, 0.717) is 5.56 Å². The highest BCUT2D eigenvalue weighted by atomic mass is 19.4. The van der Waals surface area contributed by atoms with Gasteiger partial charge in [0.05, 0.1) is 5.56 Å². The zero-order valence-electron chi connectivity index (χ0n) is 8.81. The van der Waals surface area contributed by atoms with Crippen LogP contribution in [-0.2, 0) is 6.18 Å². The molecule has 88 valence electrons. The first-order chi connectivity index (χ1) is 7.47. The summed E-state index contributed by atoms with van der Waals surface area (Å²) in [6.45, 7) is 1.99. The molecule has 2 rings (SSSR count). The monoisotopic (exact) mass is 230 g/mol. The van der Waals surface area contributed by atoms with Crippen LogP contribution in [0.3, 0.4) is 0 Å². The molecule has 0 spiro atoms. The molecule has 2 atom stereocenters. The summed E-state index contributed by atoms with van der Waals surface area (Å²) in [5, 5.41) is 0. The fraction of sp³-hybridized carbons (Fsp3) is 0.455. The third kappa shape index (κ3) is 2.36. The first-order valence-corrected chi connectivity index (χ1v) is 5.15. The SMILES string of the molecule is CC1CC(c2cccc(C(F)(F)F)c2)NN1. The highest BCUT2D eigenvalue weighted by molar-refractivity contribution is 5.28. The molecule has 1 aliphatic heterocycles. The standard InChI is InChI=1S/C11H13F3N2/c1-7-5-10(16-15-7)8-3-2-4-9(6-8)11(12,13)14/h2-4,6-7,10,15-16H,5H2,1H3. The Morgan fingerprint density at radius 3 is 2.56 bits per heavy atom. The van der Waals surface area contributed by atoms with Gasteiger partial charge in [-0.05, 0) is 31.0 Å². The topological polar surface area (TPSA) is 24.1 Å². The van der Waals surface area contributed by atoms with Crippen LogP contribution in [0.4, 0.5) is 13.2 Å². The Kier molecular flexibility index (Phi) is 2.90. The van der Waals surface area contributed by atoms with Crippen molar-refractivity contribution in [2.45, 2.75) is 31.6 Å². The molecule has 2 nitrogen and oxygen atoms in total. The number of halogens is 3. The number of rotatable bonds is 1. The van der Waals surface area contributed by atoms with E-state index in [2.05, 4.69) is 10.9 Å². The molecule has 0 amide bonds. The number of hydrogen-bond donors (Lipinski definition) is 2. The minimum absolute atomic E-state index is 0.0442. The third-order valence-electron chi connectivity index (χ3n) is 2.71. The molecule has 5 heteroatoms. The van der Waals surface area contributed by atoms with Gasteiger partial charge in [-0.15, -0.1) is 0 Å². The molecule has 1 aromatic carbocycles. The number of hydrazine groups is 1. The molecular formula is C11H13F3N2. The van der Waals surface area contributed by atoms with E-state index in [4.69, 9.17) is 0 Å². The van der Waals surface area contributed by atoms with Crippen molar-refractivity contribution >= 4 is 0 Å². The summed E-state index contributed by atoms with van der Waals surface area (Å²) in [6, 6.07) is 5.69. The summed E-state index contributed by atoms with van der Waals surface area (Å²) in [7, 11) is 0. The van der Waals surface area contributed by atoms with E-state index in [1.165, 1.54) is 12.1 Å². The van der Waals surface area contributed by atoms with Crippen LogP contribution in [0.25, 0.3) is 0 Å². The van der Waals surface area contributed by atoms with Crippen molar-refractivity contribution in [1.82, 2.24) is 10.9 Å². The zero-order chi connectivity index (χ0) is 11.8. The van der Waals surface area contributed by atoms with Crippen LogP contribution in [0.2, 0.25) is 0 Å². The van der Waals surface area contributed by atoms with Crippen molar-refractivity contribution in [1.29, 1.82) is 0 Å². The molecule has 1 aromatic rings. The predicted molar refractivity (Wildman–Crippen MR) is 54.5 cm³/mol. The zero-order valence-corrected chi connectivity index (χ0v) is 8.81. The van der Waals surface area contributed by atoms with Gasteiger partial charge in [-0.25, -0.2) is 0 Å². The Bertz CT molecular complexity index is 376. The number of alkyl halides is 3. The van der Waals surface area contributed by atoms with Crippen molar-refractivity contribution in [2.24, 2.45) is 0 Å². The second kappa shape index (κ2) is 4.07. The molecule has 1 heterocycles. The molecule has 0 aliphatic carbocycles. The first kappa shape index (κ1) is 11.4. The van der Waals surface area contributed by atoms with Crippen LogP contribution >= 0.6 is 0 Å². The average Bonchev–Trinajstić information content (AvgIpc) is 2.64. The van der Waals surface area contributed by atoms with Crippen LogP contribution in [0, 0.1) is 0 Å². The maximum Gasteiger partial charge on any atom is 0.416 e. The Labute approximate surface area is 91.8 Å². The average molecular weight is 230 g/mol. The Hall–Kier alpha value is -1.07. The van der Waals surface area contributed by atoms with Gasteiger partial charge in [0.1, 0.15) is 0 Å². The van der Waals surface area contributed by atoms with E-state index in [9.17, 15) is 13.2 Å². The minimum Gasteiger partial charge on any atom is -0.254 e. The van der Waals surface area contributed by atoms with Crippen molar-refractivity contribution in [3.8, 4) is 0 Å². The lowest BCUT2D eigenvalue weighted by molar-refractivity contribution is -0.137. The van der Waals surface area contributed by atoms with Crippen LogP contribution in [-0.4, -0.2) is 6.04 Å². The van der Waals surface area contributed by atoms with Crippen molar-refractivity contribution in [2.75, 3.05) is 0 Å². The third-order valence-corrected chi connectivity index (χ3v) is 2.71. The van der Waals surface area contributed by atoms with Gasteiger partial charge in [-0.2, -0.15) is 13.2 Å². The van der Waals surface area contributed by atoms with Crippen molar-refractivity contribution in [3.63, 3.8) is 0 Å². The van der Waals surface area contributed by atoms with E-state index in [0.717, 1.165) is 12.5 Å². The molecule has 1 aliphatic rings. The van der Waals surface area contributed by atoms with Crippen molar-refractivity contribution < 1.29 is 13.2 Å². The van der Waals surface area contributed by atoms with Gasteiger partial charge >= 0.3 is 6.18 Å². The number of benzene rings is 1. The summed E-state index contributed by atoms with van der Waals surface area (Å²) in [6.07, 6.45) is -3.48. The second-order valence-electron chi connectivity index (χ2n) is 4.10. The smallest absolute Gasteiger partial charge is 0.254 e. The van der Waals surface area contributed by atoms with Gasteiger partial charge < -0.3 is 0 Å². The molecule has 0 aromatic heterocycles. The molecule has 16 heavy (non-hydrogen) atoms. The Balaban J connectivity index is 2.23. The maximum absolute atomic E-state index is 12.5. The van der Waals surface area contributed by atoms with Gasteiger partial charge in [0, 0.05) is 12.1 Å². The predicted octanol–water partition coefficient (Wildman–Crippen LogP) is 2.63. The Morgan fingerprint density at radius 2 is 2.00 bits per heavy atom. The van der Waals surface area contributed by atoms with Gasteiger partial charge in [0.25, 0.3) is 0 Å². The molecule has 0 saturated carbocycles. The van der Waals surface area contributed by atoms with Crippen molar-refractivity contribution in [3.05, 3.63) is 35.4 Å². The number of hydrogen-bond acceptors (Lipinski definition) is 2. The van der Waals surface area contributed by atoms with E-state index in [1.807, 2.05) is 6.92 Å². The quantitative estimate of drug-likeness (QED) is 0.775. The van der Waals surface area contributed by atoms with Crippen LogP contribution < -0.4 is 10.9 Å². The number of nitrogens with one attached hydrogen (secondary N) is 2. The Morgan fingerprint density at radius 1 is 1.25 bits per heavy atom. The van der Waals surface area contributed by atoms with E-state index in [-0.39, 0.29) is 12.1 Å². The fourth-order valence-corrected chi connectivity index (χ4v) is 1.87. The summed E-state index contributed by atoms with van der Waals surface area (Å²) in [5.41, 5.74) is 6.06. The molecule has 2 N–H and O–H groups in total. The molecule has 0 bridgehead atoms. The largest absolute Gasteiger partial charge is 0.416 e. The summed E-state index contributed by atoms with van der Waals surface area (Å²) in [5.74, 6) is 0. The molecule has 0 radical (unpaired) electrons. The molecular weight excluding hydrogens is 217 g/mol. The van der Waals surface area contributed by atoms with E-state index in [1.54, 1.807) is 6.07 Å². The van der Waals surface area contributed by atoms with Crippen LogP contribution in [0.15, 0.2) is 24.3 Å². The molecule has 1 saturated heterocycles. The van der Waals surface area contributed by atoms with Crippen LogP contribution in [0.5, 0.6) is 0 Å². The van der Waals surface area contributed by atoms with Gasteiger partial charge in [-0.1, -0.05) is 12.1 Å².